The van der Waals surface area contributed by atoms with Crippen molar-refractivity contribution in [2.45, 2.75) is 60.5 Å². The van der Waals surface area contributed by atoms with Crippen molar-refractivity contribution in [1.29, 1.82) is 0 Å². The van der Waals surface area contributed by atoms with E-state index < -0.39 is 82.4 Å². The minimum Gasteiger partial charge on any atom is -0.465 e. The zero-order chi connectivity index (χ0) is 34.6. The molecule has 14 heteroatoms. The topological polar surface area (TPSA) is 119 Å². The Morgan fingerprint density at radius 1 is 0.958 bits per heavy atom. The van der Waals surface area contributed by atoms with Gasteiger partial charge in [0.05, 0.1) is 4.90 Å². The van der Waals surface area contributed by atoms with Gasteiger partial charge in [0.15, 0.2) is 0 Å². The minimum absolute atomic E-state index is 0.139. The Hall–Kier alpha value is -4.01. The summed E-state index contributed by atoms with van der Waals surface area (Å²) in [6.45, 7) is 0.972. The van der Waals surface area contributed by atoms with Gasteiger partial charge in [-0.1, -0.05) is 42.5 Å². The van der Waals surface area contributed by atoms with Gasteiger partial charge in [0, 0.05) is 57.5 Å². The number of carbonyl (C=O) groups excluding carboxylic acids is 1. The Morgan fingerprint density at radius 3 is 2.10 bits per heavy atom. The van der Waals surface area contributed by atoms with Crippen molar-refractivity contribution >= 4 is 22.0 Å². The molecular weight excluding hydrogens is 652 g/mol. The van der Waals surface area contributed by atoms with E-state index in [9.17, 15) is 40.7 Å². The van der Waals surface area contributed by atoms with Crippen LogP contribution in [-0.2, 0) is 14.8 Å². The Bertz CT molecular complexity index is 1630. The Balaban J connectivity index is 1.39. The van der Waals surface area contributed by atoms with E-state index in [0.29, 0.717) is 24.2 Å². The summed E-state index contributed by atoms with van der Waals surface area (Å²) in [5.74, 6) is -6.88. The highest BCUT2D eigenvalue weighted by Crippen LogP contribution is 2.42. The second-order valence-corrected chi connectivity index (χ2v) is 14.3. The van der Waals surface area contributed by atoms with Crippen LogP contribution in [-0.4, -0.2) is 85.5 Å². The highest BCUT2D eigenvalue weighted by Gasteiger charge is 2.48. The summed E-state index contributed by atoms with van der Waals surface area (Å²) in [5.41, 5.74) is 0.711. The van der Waals surface area contributed by atoms with E-state index in [1.165, 1.54) is 47.8 Å². The molecule has 2 aliphatic rings. The number of nitrogens with one attached hydrogen (secondary N) is 2. The molecule has 9 nitrogen and oxygen atoms in total. The predicted octanol–water partition coefficient (Wildman–Crippen LogP) is 5.05. The van der Waals surface area contributed by atoms with Gasteiger partial charge in [-0.25, -0.2) is 30.8 Å². The van der Waals surface area contributed by atoms with E-state index in [1.54, 1.807) is 18.2 Å². The van der Waals surface area contributed by atoms with Crippen LogP contribution >= 0.6 is 0 Å². The van der Waals surface area contributed by atoms with Crippen LogP contribution in [0.5, 0.6) is 0 Å². The highest BCUT2D eigenvalue weighted by molar-refractivity contribution is 7.89. The molecule has 2 amide bonds. The van der Waals surface area contributed by atoms with Crippen LogP contribution in [0.15, 0.2) is 83.8 Å². The number of piperazine rings is 1. The summed E-state index contributed by atoms with van der Waals surface area (Å²) >= 11 is 0. The van der Waals surface area contributed by atoms with Crippen molar-refractivity contribution in [3.05, 3.63) is 102 Å². The number of alkyl halides is 2. The van der Waals surface area contributed by atoms with Crippen molar-refractivity contribution in [3.63, 3.8) is 0 Å². The normalized spacial score (nSPS) is 21.9. The maximum absolute atomic E-state index is 15.0. The van der Waals surface area contributed by atoms with E-state index >= 15 is 0 Å². The largest absolute Gasteiger partial charge is 0.465 e. The molecule has 3 aromatic carbocycles. The Kier molecular flexibility index (Phi) is 10.8. The van der Waals surface area contributed by atoms with Crippen LogP contribution < -0.4 is 10.6 Å². The van der Waals surface area contributed by atoms with Gasteiger partial charge in [0.25, 0.3) is 5.92 Å². The summed E-state index contributed by atoms with van der Waals surface area (Å²) < 4.78 is 86.0. The quantitative estimate of drug-likeness (QED) is 0.243. The van der Waals surface area contributed by atoms with Gasteiger partial charge >= 0.3 is 6.09 Å². The van der Waals surface area contributed by atoms with Crippen molar-refractivity contribution in [2.75, 3.05) is 26.7 Å². The molecule has 1 aliphatic heterocycles. The predicted molar refractivity (Wildman–Crippen MR) is 170 cm³/mol. The molecule has 0 aromatic heterocycles. The SMILES string of the molecule is CN(C(=O)O)[C@@H](C(=O)NC1CC(F)(F)CC1CCC1CNCCN1S(=O)(=O)c1ccccc1)C(c1ccc(F)cc1)c1ccc(F)cc1. The number of hydrogen-bond donors (Lipinski definition) is 3. The molecule has 3 unspecified atom stereocenters. The standard InChI is InChI=1S/C34H38F4N4O5S/c1-41(33(44)45)31(30(22-7-12-25(35)13-8-22)23-9-14-26(36)15-10-23)32(43)40-29-20-34(37,38)19-24(29)11-16-27-21-39-17-18-42(27)48(46,47)28-5-3-2-4-6-28/h2-10,12-15,24,27,29-31,39H,11,16-21H2,1H3,(H,40,43)(H,44,45)/t24?,27?,29?,31-/m1/s1. The molecule has 1 saturated heterocycles. The summed E-state index contributed by atoms with van der Waals surface area (Å²) in [5, 5.41) is 15.9. The van der Waals surface area contributed by atoms with E-state index in [1.807, 2.05) is 0 Å². The van der Waals surface area contributed by atoms with E-state index in [4.69, 9.17) is 0 Å². The number of nitrogens with zero attached hydrogens (tertiary/aromatic N) is 2. The van der Waals surface area contributed by atoms with Gasteiger partial charge in [0.1, 0.15) is 17.7 Å². The molecule has 0 bridgehead atoms. The van der Waals surface area contributed by atoms with Gasteiger partial charge < -0.3 is 15.7 Å². The smallest absolute Gasteiger partial charge is 0.407 e. The number of amides is 2. The second kappa shape index (κ2) is 14.6. The first-order chi connectivity index (χ1) is 22.8. The van der Waals surface area contributed by atoms with Crippen molar-refractivity contribution in [2.24, 2.45) is 5.92 Å². The first-order valence-electron chi connectivity index (χ1n) is 15.7. The third-order valence-corrected chi connectivity index (χ3v) is 11.2. The van der Waals surface area contributed by atoms with Crippen LogP contribution in [0.25, 0.3) is 0 Å². The average Bonchev–Trinajstić information content (AvgIpc) is 3.36. The number of sulfonamides is 1. The monoisotopic (exact) mass is 690 g/mol. The average molecular weight is 691 g/mol. The van der Waals surface area contributed by atoms with Crippen molar-refractivity contribution in [1.82, 2.24) is 19.8 Å². The van der Waals surface area contributed by atoms with Gasteiger partial charge in [-0.05, 0) is 66.3 Å². The van der Waals surface area contributed by atoms with Crippen LogP contribution in [0.4, 0.5) is 22.4 Å². The molecule has 0 spiro atoms. The number of rotatable bonds is 11. The molecule has 3 N–H and O–H groups in total. The number of likely N-dealkylation sites (N-methyl/N-ethyl adjacent to an activating group) is 1. The third kappa shape index (κ3) is 7.99. The van der Waals surface area contributed by atoms with E-state index in [-0.39, 0.29) is 24.3 Å². The first kappa shape index (κ1) is 35.3. The number of benzene rings is 3. The van der Waals surface area contributed by atoms with Crippen molar-refractivity contribution in [3.8, 4) is 0 Å². The van der Waals surface area contributed by atoms with Gasteiger partial charge in [-0.15, -0.1) is 0 Å². The molecule has 1 saturated carbocycles. The molecule has 0 radical (unpaired) electrons. The molecule has 3 aromatic rings. The van der Waals surface area contributed by atoms with Crippen LogP contribution in [0.3, 0.4) is 0 Å². The molecule has 5 rings (SSSR count). The summed E-state index contributed by atoms with van der Waals surface area (Å²) in [7, 11) is -2.67. The molecule has 258 valence electrons. The van der Waals surface area contributed by atoms with Crippen LogP contribution in [0.2, 0.25) is 0 Å². The van der Waals surface area contributed by atoms with E-state index in [2.05, 4.69) is 10.6 Å². The molecule has 4 atom stereocenters. The fourth-order valence-corrected chi connectivity index (χ4v) is 8.52. The number of carbonyl (C=O) groups is 2. The third-order valence-electron chi connectivity index (χ3n) is 9.25. The number of hydrogen-bond acceptors (Lipinski definition) is 5. The van der Waals surface area contributed by atoms with Gasteiger partial charge in [-0.3, -0.25) is 9.69 Å². The van der Waals surface area contributed by atoms with E-state index in [0.717, 1.165) is 29.2 Å². The highest BCUT2D eigenvalue weighted by atomic mass is 32.2. The molecule has 1 heterocycles. The zero-order valence-corrected chi connectivity index (χ0v) is 27.1. The summed E-state index contributed by atoms with van der Waals surface area (Å²) in [6.07, 6.45) is -2.27. The first-order valence-corrected chi connectivity index (χ1v) is 17.1. The number of halogens is 4. The van der Waals surface area contributed by atoms with Crippen LogP contribution in [0.1, 0.15) is 42.7 Å². The molecular formula is C34H38F4N4O5S. The summed E-state index contributed by atoms with van der Waals surface area (Å²) in [6, 6.07) is 15.1. The molecule has 1 aliphatic carbocycles. The lowest BCUT2D eigenvalue weighted by atomic mass is 9.83. The number of carboxylic acid groups (broad SMARTS) is 1. The minimum atomic E-state index is -3.84. The lowest BCUT2D eigenvalue weighted by molar-refractivity contribution is -0.127. The van der Waals surface area contributed by atoms with Crippen LogP contribution in [0, 0.1) is 17.6 Å². The van der Waals surface area contributed by atoms with Crippen molar-refractivity contribution < 1.29 is 40.7 Å². The Labute approximate surface area is 277 Å². The Morgan fingerprint density at radius 2 is 1.54 bits per heavy atom. The maximum Gasteiger partial charge on any atom is 0.407 e. The second-order valence-electron chi connectivity index (χ2n) is 12.4. The van der Waals surface area contributed by atoms with Gasteiger partial charge in [-0.2, -0.15) is 4.31 Å². The summed E-state index contributed by atoms with van der Waals surface area (Å²) in [4.78, 5) is 27.2. The maximum atomic E-state index is 15.0. The molecule has 2 fully saturated rings. The van der Waals surface area contributed by atoms with Gasteiger partial charge in [0.2, 0.25) is 15.9 Å². The lowest BCUT2D eigenvalue weighted by Crippen LogP contribution is -2.54. The lowest BCUT2D eigenvalue weighted by Gasteiger charge is -2.36. The zero-order valence-electron chi connectivity index (χ0n) is 26.2. The fourth-order valence-electron chi connectivity index (χ4n) is 6.84. The fraction of sp³-hybridized carbons (Fsp3) is 0.412. The molecule has 48 heavy (non-hydrogen) atoms.